The quantitative estimate of drug-likeness (QED) is 0.798. The second-order valence-corrected chi connectivity index (χ2v) is 6.23. The van der Waals surface area contributed by atoms with E-state index in [9.17, 15) is 4.79 Å². The van der Waals surface area contributed by atoms with E-state index in [4.69, 9.17) is 0 Å². The molecular formula is C11H17IN2OS. The number of hydrogen-bond donors (Lipinski definition) is 1. The third-order valence-electron chi connectivity index (χ3n) is 2.44. The number of nitrogens with one attached hydrogen (secondary N) is 1. The lowest BCUT2D eigenvalue weighted by Gasteiger charge is -2.17. The normalized spacial score (nSPS) is 10.8. The lowest BCUT2D eigenvalue weighted by atomic mass is 10.3. The zero-order valence-corrected chi connectivity index (χ0v) is 12.6. The van der Waals surface area contributed by atoms with Gasteiger partial charge in [-0.05, 0) is 41.7 Å². The lowest BCUT2D eigenvalue weighted by Crippen LogP contribution is -2.34. The van der Waals surface area contributed by atoms with E-state index in [1.807, 2.05) is 11.4 Å². The molecule has 90 valence electrons. The second-order valence-electron chi connectivity index (χ2n) is 3.42. The van der Waals surface area contributed by atoms with E-state index >= 15 is 0 Å². The molecule has 0 aliphatic carbocycles. The summed E-state index contributed by atoms with van der Waals surface area (Å²) < 4.78 is 1.14. The van der Waals surface area contributed by atoms with Crippen molar-refractivity contribution >= 4 is 39.8 Å². The molecule has 1 N–H and O–H groups in total. The second kappa shape index (κ2) is 7.24. The van der Waals surface area contributed by atoms with Crippen molar-refractivity contribution in [2.45, 2.75) is 13.8 Å². The molecule has 1 heterocycles. The van der Waals surface area contributed by atoms with Crippen LogP contribution in [-0.4, -0.2) is 37.0 Å². The van der Waals surface area contributed by atoms with Crippen molar-refractivity contribution in [2.75, 3.05) is 26.2 Å². The number of amides is 1. The third kappa shape index (κ3) is 4.39. The topological polar surface area (TPSA) is 32.3 Å². The monoisotopic (exact) mass is 352 g/mol. The molecule has 0 aromatic carbocycles. The Kier molecular flexibility index (Phi) is 6.30. The van der Waals surface area contributed by atoms with Crippen molar-refractivity contribution in [1.82, 2.24) is 10.2 Å². The fourth-order valence-corrected chi connectivity index (χ4v) is 2.73. The van der Waals surface area contributed by atoms with Crippen LogP contribution in [-0.2, 0) is 0 Å². The molecule has 1 rings (SSSR count). The average molecular weight is 352 g/mol. The molecule has 0 aliphatic rings. The molecule has 0 saturated heterocycles. The zero-order chi connectivity index (χ0) is 12.0. The minimum absolute atomic E-state index is 0.0336. The van der Waals surface area contributed by atoms with Crippen LogP contribution >= 0.6 is 33.9 Å². The van der Waals surface area contributed by atoms with Gasteiger partial charge >= 0.3 is 0 Å². The first-order valence-corrected chi connectivity index (χ1v) is 7.37. The van der Waals surface area contributed by atoms with Gasteiger partial charge in [0.05, 0.1) is 8.45 Å². The Hall–Kier alpha value is -0.140. The highest BCUT2D eigenvalue weighted by Crippen LogP contribution is 2.16. The zero-order valence-electron chi connectivity index (χ0n) is 9.62. The summed E-state index contributed by atoms with van der Waals surface area (Å²) in [6.45, 7) is 7.96. The van der Waals surface area contributed by atoms with E-state index < -0.39 is 0 Å². The summed E-state index contributed by atoms with van der Waals surface area (Å²) in [5.74, 6) is 0.0336. The van der Waals surface area contributed by atoms with Gasteiger partial charge in [-0.2, -0.15) is 0 Å². The van der Waals surface area contributed by atoms with Crippen molar-refractivity contribution in [2.24, 2.45) is 0 Å². The van der Waals surface area contributed by atoms with Gasteiger partial charge in [0.15, 0.2) is 0 Å². The van der Waals surface area contributed by atoms with Crippen molar-refractivity contribution in [1.29, 1.82) is 0 Å². The van der Waals surface area contributed by atoms with Crippen LogP contribution in [0.5, 0.6) is 0 Å². The number of rotatable bonds is 6. The van der Waals surface area contributed by atoms with Crippen LogP contribution in [0.1, 0.15) is 24.2 Å². The van der Waals surface area contributed by atoms with Gasteiger partial charge in [-0.25, -0.2) is 0 Å². The highest BCUT2D eigenvalue weighted by atomic mass is 127. The Morgan fingerprint density at radius 1 is 1.50 bits per heavy atom. The molecule has 1 aromatic rings. The maximum atomic E-state index is 11.7. The maximum absolute atomic E-state index is 11.7. The fourth-order valence-electron chi connectivity index (χ4n) is 1.40. The first kappa shape index (κ1) is 13.9. The summed E-state index contributed by atoms with van der Waals surface area (Å²) in [5, 5.41) is 4.83. The molecule has 0 saturated carbocycles. The van der Waals surface area contributed by atoms with E-state index in [0.717, 1.165) is 28.1 Å². The van der Waals surface area contributed by atoms with E-state index in [2.05, 4.69) is 46.7 Å². The maximum Gasteiger partial charge on any atom is 0.252 e. The van der Waals surface area contributed by atoms with Gasteiger partial charge in [0, 0.05) is 18.5 Å². The van der Waals surface area contributed by atoms with Gasteiger partial charge in [0.25, 0.3) is 5.91 Å². The van der Waals surface area contributed by atoms with Crippen LogP contribution in [0.25, 0.3) is 0 Å². The van der Waals surface area contributed by atoms with Gasteiger partial charge in [0.2, 0.25) is 0 Å². The molecule has 1 amide bonds. The number of carbonyl (C=O) groups excluding carboxylic acids is 1. The molecule has 0 radical (unpaired) electrons. The Bertz CT molecular complexity index is 336. The van der Waals surface area contributed by atoms with Gasteiger partial charge in [-0.1, -0.05) is 13.8 Å². The summed E-state index contributed by atoms with van der Waals surface area (Å²) in [5.41, 5.74) is 0.772. The Morgan fingerprint density at radius 2 is 2.19 bits per heavy atom. The lowest BCUT2D eigenvalue weighted by molar-refractivity contribution is 0.0949. The van der Waals surface area contributed by atoms with Crippen molar-refractivity contribution in [3.8, 4) is 0 Å². The summed E-state index contributed by atoms with van der Waals surface area (Å²) >= 11 is 3.82. The average Bonchev–Trinajstić information content (AvgIpc) is 2.71. The molecule has 0 bridgehead atoms. The third-order valence-corrected chi connectivity index (χ3v) is 4.23. The van der Waals surface area contributed by atoms with E-state index in [-0.39, 0.29) is 5.91 Å². The van der Waals surface area contributed by atoms with E-state index in [1.165, 1.54) is 0 Å². The van der Waals surface area contributed by atoms with Crippen molar-refractivity contribution in [3.63, 3.8) is 0 Å². The number of hydrogen-bond acceptors (Lipinski definition) is 3. The van der Waals surface area contributed by atoms with Crippen LogP contribution in [0, 0.1) is 2.88 Å². The highest BCUT2D eigenvalue weighted by Gasteiger charge is 2.07. The van der Waals surface area contributed by atoms with Gasteiger partial charge in [-0.3, -0.25) is 4.79 Å². The van der Waals surface area contributed by atoms with E-state index in [1.54, 1.807) is 11.3 Å². The Labute approximate surface area is 114 Å². The molecule has 0 spiro atoms. The molecule has 0 atom stereocenters. The minimum atomic E-state index is 0.0336. The van der Waals surface area contributed by atoms with Crippen molar-refractivity contribution < 1.29 is 4.79 Å². The van der Waals surface area contributed by atoms with Crippen LogP contribution in [0.15, 0.2) is 11.4 Å². The smallest absolute Gasteiger partial charge is 0.252 e. The predicted octanol–water partition coefficient (Wildman–Crippen LogP) is 2.42. The summed E-state index contributed by atoms with van der Waals surface area (Å²) in [4.78, 5) is 14.0. The standard InChI is InChI=1S/C11H17IN2OS/c1-3-14(4-2)6-5-13-11(15)9-7-10(12)16-8-9/h7-8H,3-6H2,1-2H3,(H,13,15). The minimum Gasteiger partial charge on any atom is -0.351 e. The van der Waals surface area contributed by atoms with Crippen LogP contribution < -0.4 is 5.32 Å². The number of halogens is 1. The SMILES string of the molecule is CCN(CC)CCNC(=O)c1csc(I)c1. The largest absolute Gasteiger partial charge is 0.351 e. The van der Waals surface area contributed by atoms with Crippen LogP contribution in [0.2, 0.25) is 0 Å². The highest BCUT2D eigenvalue weighted by molar-refractivity contribution is 14.1. The Morgan fingerprint density at radius 3 is 2.69 bits per heavy atom. The van der Waals surface area contributed by atoms with Crippen LogP contribution in [0.3, 0.4) is 0 Å². The summed E-state index contributed by atoms with van der Waals surface area (Å²) in [6, 6.07) is 1.91. The van der Waals surface area contributed by atoms with Gasteiger partial charge in [0.1, 0.15) is 0 Å². The number of thiophene rings is 1. The van der Waals surface area contributed by atoms with E-state index in [0.29, 0.717) is 6.54 Å². The Balaban J connectivity index is 2.30. The van der Waals surface area contributed by atoms with Crippen LogP contribution in [0.4, 0.5) is 0 Å². The summed E-state index contributed by atoms with van der Waals surface area (Å²) in [7, 11) is 0. The number of carbonyl (C=O) groups is 1. The predicted molar refractivity (Wildman–Crippen MR) is 77.2 cm³/mol. The molecule has 16 heavy (non-hydrogen) atoms. The van der Waals surface area contributed by atoms with Gasteiger partial charge < -0.3 is 10.2 Å². The molecule has 0 aliphatic heterocycles. The molecule has 3 nitrogen and oxygen atoms in total. The molecule has 0 unspecified atom stereocenters. The first-order valence-electron chi connectivity index (χ1n) is 5.42. The first-order chi connectivity index (χ1) is 7.67. The molecule has 1 aromatic heterocycles. The molecule has 0 fully saturated rings. The number of likely N-dealkylation sites (N-methyl/N-ethyl adjacent to an activating group) is 1. The van der Waals surface area contributed by atoms with Gasteiger partial charge in [-0.15, -0.1) is 11.3 Å². The summed E-state index contributed by atoms with van der Waals surface area (Å²) in [6.07, 6.45) is 0. The van der Waals surface area contributed by atoms with Crippen molar-refractivity contribution in [3.05, 3.63) is 19.9 Å². The fraction of sp³-hybridized carbons (Fsp3) is 0.545. The number of nitrogens with zero attached hydrogens (tertiary/aromatic N) is 1. The molecule has 5 heteroatoms. The molecular weight excluding hydrogens is 335 g/mol.